The quantitative estimate of drug-likeness (QED) is 0.624. The molecule has 0 spiro atoms. The summed E-state index contributed by atoms with van der Waals surface area (Å²) >= 11 is 0. The Labute approximate surface area is 132 Å². The van der Waals surface area contributed by atoms with Gasteiger partial charge in [-0.3, -0.25) is 4.98 Å². The van der Waals surface area contributed by atoms with Crippen LogP contribution in [0, 0.1) is 5.82 Å². The number of fused-ring (bicyclic) bond motifs is 3. The number of rotatable bonds is 3. The second-order valence-corrected chi connectivity index (χ2v) is 5.58. The van der Waals surface area contributed by atoms with Gasteiger partial charge in [0.1, 0.15) is 5.82 Å². The molecule has 2 heterocycles. The molecular formula is C19H15FN2O. The zero-order valence-electron chi connectivity index (χ0n) is 12.4. The van der Waals surface area contributed by atoms with Crippen molar-refractivity contribution < 1.29 is 9.50 Å². The molecule has 1 N–H and O–H groups in total. The van der Waals surface area contributed by atoms with E-state index in [1.165, 1.54) is 12.1 Å². The average molecular weight is 306 g/mol. The first-order chi connectivity index (χ1) is 11.3. The molecule has 2 aromatic carbocycles. The third-order valence-electron chi connectivity index (χ3n) is 4.13. The van der Waals surface area contributed by atoms with Crippen molar-refractivity contribution in [2.75, 3.05) is 0 Å². The van der Waals surface area contributed by atoms with Crippen molar-refractivity contribution in [3.63, 3.8) is 0 Å². The Morgan fingerprint density at radius 3 is 2.52 bits per heavy atom. The van der Waals surface area contributed by atoms with Crippen LogP contribution in [0.3, 0.4) is 0 Å². The summed E-state index contributed by atoms with van der Waals surface area (Å²) in [4.78, 5) is 4.31. The normalized spacial score (nSPS) is 11.4. The molecule has 0 atom stereocenters. The van der Waals surface area contributed by atoms with Gasteiger partial charge in [0.05, 0.1) is 24.0 Å². The van der Waals surface area contributed by atoms with E-state index in [9.17, 15) is 9.50 Å². The Kier molecular flexibility index (Phi) is 3.32. The van der Waals surface area contributed by atoms with Crippen molar-refractivity contribution in [1.82, 2.24) is 9.55 Å². The maximum absolute atomic E-state index is 13.1. The lowest BCUT2D eigenvalue weighted by Gasteiger charge is -2.08. The molecule has 0 saturated heterocycles. The number of hydrogen-bond donors (Lipinski definition) is 1. The van der Waals surface area contributed by atoms with E-state index in [2.05, 4.69) is 21.7 Å². The Morgan fingerprint density at radius 1 is 0.957 bits per heavy atom. The molecule has 0 aliphatic carbocycles. The predicted molar refractivity (Wildman–Crippen MR) is 88.7 cm³/mol. The van der Waals surface area contributed by atoms with Gasteiger partial charge in [-0.05, 0) is 29.8 Å². The maximum atomic E-state index is 13.1. The molecule has 4 rings (SSSR count). The number of aromatic nitrogens is 2. The second kappa shape index (κ2) is 5.48. The van der Waals surface area contributed by atoms with Gasteiger partial charge in [-0.2, -0.15) is 0 Å². The molecule has 0 aliphatic rings. The van der Waals surface area contributed by atoms with E-state index in [1.807, 2.05) is 18.2 Å². The standard InChI is InChI=1S/C19H15FN2O/c20-14-7-5-13(6-8-14)11-22-18-4-2-1-3-16(18)17-9-15(12-23)21-10-19(17)22/h1-10,23H,11-12H2. The first kappa shape index (κ1) is 13.9. The number of aliphatic hydroxyl groups excluding tert-OH is 1. The molecule has 0 aliphatic heterocycles. The molecule has 114 valence electrons. The molecule has 4 heteroatoms. The van der Waals surface area contributed by atoms with Gasteiger partial charge in [0, 0.05) is 22.8 Å². The third-order valence-corrected chi connectivity index (χ3v) is 4.13. The van der Waals surface area contributed by atoms with Crippen LogP contribution in [0.2, 0.25) is 0 Å². The molecule has 0 radical (unpaired) electrons. The monoisotopic (exact) mass is 306 g/mol. The van der Waals surface area contributed by atoms with E-state index in [1.54, 1.807) is 18.3 Å². The Morgan fingerprint density at radius 2 is 1.74 bits per heavy atom. The Hall–Kier alpha value is -2.72. The van der Waals surface area contributed by atoms with E-state index in [0.29, 0.717) is 12.2 Å². The topological polar surface area (TPSA) is 38.0 Å². The van der Waals surface area contributed by atoms with Gasteiger partial charge in [0.15, 0.2) is 0 Å². The molecule has 0 unspecified atom stereocenters. The van der Waals surface area contributed by atoms with Crippen LogP contribution in [0.15, 0.2) is 60.8 Å². The first-order valence-corrected chi connectivity index (χ1v) is 7.47. The van der Waals surface area contributed by atoms with E-state index in [4.69, 9.17) is 0 Å². The summed E-state index contributed by atoms with van der Waals surface area (Å²) in [7, 11) is 0. The van der Waals surface area contributed by atoms with Crippen molar-refractivity contribution in [3.05, 3.63) is 77.9 Å². The summed E-state index contributed by atoms with van der Waals surface area (Å²) in [5, 5.41) is 11.5. The van der Waals surface area contributed by atoms with Crippen molar-refractivity contribution in [3.8, 4) is 0 Å². The molecule has 0 saturated carbocycles. The first-order valence-electron chi connectivity index (χ1n) is 7.47. The van der Waals surface area contributed by atoms with E-state index >= 15 is 0 Å². The van der Waals surface area contributed by atoms with Gasteiger partial charge >= 0.3 is 0 Å². The van der Waals surface area contributed by atoms with E-state index < -0.39 is 0 Å². The molecule has 23 heavy (non-hydrogen) atoms. The summed E-state index contributed by atoms with van der Waals surface area (Å²) in [6.45, 7) is 0.567. The minimum atomic E-state index is -0.231. The van der Waals surface area contributed by atoms with Crippen LogP contribution >= 0.6 is 0 Å². The SMILES string of the molecule is OCc1cc2c3ccccc3n(Cc3ccc(F)cc3)c2cn1. The number of benzene rings is 2. The number of para-hydroxylation sites is 1. The van der Waals surface area contributed by atoms with Crippen LogP contribution in [-0.2, 0) is 13.2 Å². The van der Waals surface area contributed by atoms with Crippen LogP contribution in [0.25, 0.3) is 21.8 Å². The van der Waals surface area contributed by atoms with Crippen LogP contribution in [-0.4, -0.2) is 14.7 Å². The number of nitrogens with zero attached hydrogens (tertiary/aromatic N) is 2. The van der Waals surface area contributed by atoms with Crippen LogP contribution in [0.1, 0.15) is 11.3 Å². The van der Waals surface area contributed by atoms with Crippen molar-refractivity contribution in [2.45, 2.75) is 13.2 Å². The summed E-state index contributed by atoms with van der Waals surface area (Å²) in [5.74, 6) is -0.231. The molecular weight excluding hydrogens is 291 g/mol. The predicted octanol–water partition coefficient (Wildman–Crippen LogP) is 3.87. The Bertz CT molecular complexity index is 990. The van der Waals surface area contributed by atoms with Gasteiger partial charge in [0.25, 0.3) is 0 Å². The maximum Gasteiger partial charge on any atom is 0.123 e. The van der Waals surface area contributed by atoms with E-state index in [-0.39, 0.29) is 12.4 Å². The molecule has 0 bridgehead atoms. The van der Waals surface area contributed by atoms with Gasteiger partial charge in [-0.1, -0.05) is 30.3 Å². The molecule has 0 fully saturated rings. The lowest BCUT2D eigenvalue weighted by molar-refractivity contribution is 0.277. The summed E-state index contributed by atoms with van der Waals surface area (Å²) in [5.41, 5.74) is 3.79. The van der Waals surface area contributed by atoms with Crippen molar-refractivity contribution in [2.24, 2.45) is 0 Å². The lowest BCUT2D eigenvalue weighted by atomic mass is 10.2. The van der Waals surface area contributed by atoms with Gasteiger partial charge in [-0.15, -0.1) is 0 Å². The number of aliphatic hydroxyl groups is 1. The summed E-state index contributed by atoms with van der Waals surface area (Å²) in [6, 6.07) is 16.6. The number of hydrogen-bond acceptors (Lipinski definition) is 2. The smallest absolute Gasteiger partial charge is 0.123 e. The third kappa shape index (κ3) is 2.37. The minimum absolute atomic E-state index is 0.0760. The van der Waals surface area contributed by atoms with Crippen LogP contribution in [0.5, 0.6) is 0 Å². The largest absolute Gasteiger partial charge is 0.390 e. The van der Waals surface area contributed by atoms with Gasteiger partial charge in [-0.25, -0.2) is 4.39 Å². The highest BCUT2D eigenvalue weighted by molar-refractivity contribution is 6.07. The minimum Gasteiger partial charge on any atom is -0.390 e. The fourth-order valence-corrected chi connectivity index (χ4v) is 3.02. The fourth-order valence-electron chi connectivity index (χ4n) is 3.02. The summed E-state index contributed by atoms with van der Waals surface area (Å²) < 4.78 is 15.3. The van der Waals surface area contributed by atoms with Crippen LogP contribution < -0.4 is 0 Å². The zero-order chi connectivity index (χ0) is 15.8. The molecule has 0 amide bonds. The highest BCUT2D eigenvalue weighted by Crippen LogP contribution is 2.29. The summed E-state index contributed by atoms with van der Waals surface area (Å²) in [6.07, 6.45) is 1.80. The Balaban J connectivity index is 1.94. The van der Waals surface area contributed by atoms with Crippen molar-refractivity contribution >= 4 is 21.8 Å². The lowest BCUT2D eigenvalue weighted by Crippen LogP contribution is -2.00. The highest BCUT2D eigenvalue weighted by atomic mass is 19.1. The van der Waals surface area contributed by atoms with Gasteiger partial charge in [0.2, 0.25) is 0 Å². The van der Waals surface area contributed by atoms with Gasteiger partial charge < -0.3 is 9.67 Å². The number of halogens is 1. The van der Waals surface area contributed by atoms with Crippen molar-refractivity contribution in [1.29, 1.82) is 0 Å². The molecule has 4 aromatic rings. The molecule has 2 aromatic heterocycles. The second-order valence-electron chi connectivity index (χ2n) is 5.58. The molecule has 3 nitrogen and oxygen atoms in total. The number of pyridine rings is 1. The zero-order valence-corrected chi connectivity index (χ0v) is 12.4. The highest BCUT2D eigenvalue weighted by Gasteiger charge is 2.11. The van der Waals surface area contributed by atoms with E-state index in [0.717, 1.165) is 27.4 Å². The van der Waals surface area contributed by atoms with Crippen LogP contribution in [0.4, 0.5) is 4.39 Å². The fraction of sp³-hybridized carbons (Fsp3) is 0.105. The average Bonchev–Trinajstić information content (AvgIpc) is 2.90.